The van der Waals surface area contributed by atoms with Gasteiger partial charge in [-0.05, 0) is 25.0 Å². The van der Waals surface area contributed by atoms with Crippen LogP contribution in [0.1, 0.15) is 18.9 Å². The lowest BCUT2D eigenvalue weighted by Crippen LogP contribution is -2.41. The number of ether oxygens (including phenoxy) is 1. The summed E-state index contributed by atoms with van der Waals surface area (Å²) in [4.78, 5) is 2.56. The number of nitrogens with zero attached hydrogens (tertiary/aromatic N) is 1. The zero-order valence-electron chi connectivity index (χ0n) is 11.3. The van der Waals surface area contributed by atoms with E-state index in [1.165, 1.54) is 23.4 Å². The second kappa shape index (κ2) is 4.81. The van der Waals surface area contributed by atoms with E-state index in [2.05, 4.69) is 42.3 Å². The summed E-state index contributed by atoms with van der Waals surface area (Å²) < 4.78 is 5.69. The van der Waals surface area contributed by atoms with Crippen molar-refractivity contribution in [3.8, 4) is 0 Å². The van der Waals surface area contributed by atoms with Crippen molar-refractivity contribution >= 4 is 11.4 Å². The Kier molecular flexibility index (Phi) is 3.16. The Labute approximate surface area is 109 Å². The van der Waals surface area contributed by atoms with E-state index in [1.54, 1.807) is 0 Å². The summed E-state index contributed by atoms with van der Waals surface area (Å²) in [6.07, 6.45) is 1.18. The van der Waals surface area contributed by atoms with E-state index in [0.29, 0.717) is 12.0 Å². The summed E-state index contributed by atoms with van der Waals surface area (Å²) in [6, 6.07) is 7.13. The maximum absolute atomic E-state index is 5.69. The van der Waals surface area contributed by atoms with Gasteiger partial charge in [0.25, 0.3) is 0 Å². The van der Waals surface area contributed by atoms with Gasteiger partial charge in [0.15, 0.2) is 0 Å². The van der Waals surface area contributed by atoms with Crippen LogP contribution in [0.4, 0.5) is 11.4 Å². The molecular weight excluding hydrogens is 224 g/mol. The van der Waals surface area contributed by atoms with Crippen LogP contribution in [0.15, 0.2) is 18.2 Å². The number of aryl methyl sites for hydroxylation is 1. The Morgan fingerprint density at radius 3 is 3.11 bits per heavy atom. The molecule has 1 aromatic carbocycles. The molecular formula is C15H22N2O. The molecule has 0 spiro atoms. The summed E-state index contributed by atoms with van der Waals surface area (Å²) in [5.74, 6) is 0.614. The summed E-state index contributed by atoms with van der Waals surface area (Å²) in [5, 5.41) is 3.63. The minimum absolute atomic E-state index is 0.542. The van der Waals surface area contributed by atoms with Crippen LogP contribution in [0, 0.1) is 12.8 Å². The molecule has 2 aliphatic rings. The third-order valence-corrected chi connectivity index (χ3v) is 4.13. The molecule has 2 unspecified atom stereocenters. The Morgan fingerprint density at radius 1 is 1.39 bits per heavy atom. The van der Waals surface area contributed by atoms with E-state index in [-0.39, 0.29) is 0 Å². The van der Waals surface area contributed by atoms with Crippen LogP contribution >= 0.6 is 0 Å². The van der Waals surface area contributed by atoms with Gasteiger partial charge < -0.3 is 15.0 Å². The second-order valence-corrected chi connectivity index (χ2v) is 5.41. The van der Waals surface area contributed by atoms with Gasteiger partial charge in [-0.2, -0.15) is 0 Å². The molecule has 0 radical (unpaired) electrons. The van der Waals surface area contributed by atoms with Crippen molar-refractivity contribution in [2.24, 2.45) is 5.92 Å². The highest BCUT2D eigenvalue weighted by molar-refractivity contribution is 5.74. The van der Waals surface area contributed by atoms with Crippen molar-refractivity contribution in [1.29, 1.82) is 0 Å². The van der Waals surface area contributed by atoms with Gasteiger partial charge in [0.1, 0.15) is 0 Å². The number of nitrogens with one attached hydrogen (secondary N) is 1. The highest BCUT2D eigenvalue weighted by Gasteiger charge is 2.36. The van der Waals surface area contributed by atoms with Gasteiger partial charge in [0.05, 0.1) is 30.6 Å². The zero-order valence-corrected chi connectivity index (χ0v) is 11.3. The van der Waals surface area contributed by atoms with Crippen LogP contribution < -0.4 is 10.2 Å². The molecule has 1 saturated heterocycles. The first-order valence-electron chi connectivity index (χ1n) is 6.99. The number of benzene rings is 1. The van der Waals surface area contributed by atoms with Crippen molar-refractivity contribution in [3.05, 3.63) is 23.8 Å². The third-order valence-electron chi connectivity index (χ3n) is 4.13. The minimum atomic E-state index is 0.542. The van der Waals surface area contributed by atoms with Crippen LogP contribution in [0.5, 0.6) is 0 Å². The fourth-order valence-corrected chi connectivity index (χ4v) is 3.19. The quantitative estimate of drug-likeness (QED) is 0.868. The Hall–Kier alpha value is -1.22. The molecule has 2 atom stereocenters. The largest absolute Gasteiger partial charge is 0.383 e. The van der Waals surface area contributed by atoms with Crippen molar-refractivity contribution < 1.29 is 4.74 Å². The SMILES string of the molecule is CCCN1c2cccc(C)c2NCC2COCC21. The summed E-state index contributed by atoms with van der Waals surface area (Å²) in [6.45, 7) is 8.35. The Balaban J connectivity index is 2.03. The average Bonchev–Trinajstić information content (AvgIpc) is 2.77. The summed E-state index contributed by atoms with van der Waals surface area (Å²) in [7, 11) is 0. The first-order valence-corrected chi connectivity index (χ1v) is 6.99. The number of para-hydroxylation sites is 1. The molecule has 0 bridgehead atoms. The zero-order chi connectivity index (χ0) is 12.5. The summed E-state index contributed by atoms with van der Waals surface area (Å²) in [5.41, 5.74) is 4.02. The molecule has 3 heteroatoms. The number of hydrogen-bond acceptors (Lipinski definition) is 3. The standard InChI is InChI=1S/C15H22N2O/c1-3-7-17-13-6-4-5-11(2)15(13)16-8-12-9-18-10-14(12)17/h4-6,12,14,16H,3,7-10H2,1-2H3. The van der Waals surface area contributed by atoms with Crippen molar-refractivity contribution in [2.75, 3.05) is 36.5 Å². The molecule has 2 aliphatic heterocycles. The molecule has 1 aromatic rings. The average molecular weight is 246 g/mol. The molecule has 1 N–H and O–H groups in total. The molecule has 98 valence electrons. The minimum Gasteiger partial charge on any atom is -0.383 e. The molecule has 1 fully saturated rings. The monoisotopic (exact) mass is 246 g/mol. The maximum Gasteiger partial charge on any atom is 0.0674 e. The van der Waals surface area contributed by atoms with Crippen molar-refractivity contribution in [3.63, 3.8) is 0 Å². The predicted octanol–water partition coefficient (Wildman–Crippen LogP) is 2.65. The maximum atomic E-state index is 5.69. The Morgan fingerprint density at radius 2 is 2.28 bits per heavy atom. The lowest BCUT2D eigenvalue weighted by atomic mass is 10.0. The van der Waals surface area contributed by atoms with E-state index < -0.39 is 0 Å². The molecule has 2 heterocycles. The van der Waals surface area contributed by atoms with E-state index in [1.807, 2.05) is 0 Å². The molecule has 0 aliphatic carbocycles. The first-order chi connectivity index (χ1) is 8.81. The van der Waals surface area contributed by atoms with E-state index in [0.717, 1.165) is 26.3 Å². The van der Waals surface area contributed by atoms with Crippen LogP contribution in [0.25, 0.3) is 0 Å². The fraction of sp³-hybridized carbons (Fsp3) is 0.600. The third kappa shape index (κ3) is 1.87. The van der Waals surface area contributed by atoms with Gasteiger partial charge in [0.2, 0.25) is 0 Å². The van der Waals surface area contributed by atoms with Gasteiger partial charge in [0, 0.05) is 19.0 Å². The van der Waals surface area contributed by atoms with Crippen LogP contribution in [0.2, 0.25) is 0 Å². The van der Waals surface area contributed by atoms with Crippen molar-refractivity contribution in [2.45, 2.75) is 26.3 Å². The fourth-order valence-electron chi connectivity index (χ4n) is 3.19. The number of hydrogen-bond donors (Lipinski definition) is 1. The van der Waals surface area contributed by atoms with E-state index in [4.69, 9.17) is 4.74 Å². The second-order valence-electron chi connectivity index (χ2n) is 5.41. The van der Waals surface area contributed by atoms with Gasteiger partial charge in [-0.3, -0.25) is 0 Å². The predicted molar refractivity (Wildman–Crippen MR) is 75.4 cm³/mol. The lowest BCUT2D eigenvalue weighted by Gasteiger charge is -2.32. The highest BCUT2D eigenvalue weighted by atomic mass is 16.5. The smallest absolute Gasteiger partial charge is 0.0674 e. The summed E-state index contributed by atoms with van der Waals surface area (Å²) >= 11 is 0. The number of fused-ring (bicyclic) bond motifs is 2. The number of anilines is 2. The van der Waals surface area contributed by atoms with E-state index in [9.17, 15) is 0 Å². The Bertz CT molecular complexity index is 433. The van der Waals surface area contributed by atoms with Crippen LogP contribution in [0.3, 0.4) is 0 Å². The van der Waals surface area contributed by atoms with Crippen LogP contribution in [-0.2, 0) is 4.74 Å². The van der Waals surface area contributed by atoms with Gasteiger partial charge in [-0.15, -0.1) is 0 Å². The molecule has 0 aromatic heterocycles. The molecule has 18 heavy (non-hydrogen) atoms. The molecule has 0 amide bonds. The lowest BCUT2D eigenvalue weighted by molar-refractivity contribution is 0.185. The normalized spacial score (nSPS) is 26.2. The molecule has 3 nitrogen and oxygen atoms in total. The van der Waals surface area contributed by atoms with E-state index >= 15 is 0 Å². The molecule has 0 saturated carbocycles. The molecule has 3 rings (SSSR count). The van der Waals surface area contributed by atoms with Gasteiger partial charge in [-0.25, -0.2) is 0 Å². The van der Waals surface area contributed by atoms with Crippen LogP contribution in [-0.4, -0.2) is 32.3 Å². The van der Waals surface area contributed by atoms with Crippen molar-refractivity contribution in [1.82, 2.24) is 0 Å². The first kappa shape index (κ1) is 11.8. The number of rotatable bonds is 2. The van der Waals surface area contributed by atoms with Gasteiger partial charge >= 0.3 is 0 Å². The van der Waals surface area contributed by atoms with Gasteiger partial charge in [-0.1, -0.05) is 19.1 Å². The highest BCUT2D eigenvalue weighted by Crippen LogP contribution is 2.37. The topological polar surface area (TPSA) is 24.5 Å².